The molecule has 1 aromatic carbocycles. The minimum Gasteiger partial charge on any atom is -0.454 e. The third-order valence-electron chi connectivity index (χ3n) is 2.12. The summed E-state index contributed by atoms with van der Waals surface area (Å²) in [6, 6.07) is 1.41. The first kappa shape index (κ1) is 10.4. The van der Waals surface area contributed by atoms with E-state index in [1.54, 1.807) is 0 Å². The van der Waals surface area contributed by atoms with Crippen molar-refractivity contribution >= 4 is 11.6 Å². The number of hydrogen-bond donors (Lipinski definition) is 1. The number of halogens is 3. The lowest BCUT2D eigenvalue weighted by molar-refractivity contribution is 0.116. The molecule has 82 valence electrons. The fourth-order valence-electron chi connectivity index (χ4n) is 1.32. The molecule has 1 aliphatic rings. The summed E-state index contributed by atoms with van der Waals surface area (Å²) < 4.78 is 34.9. The van der Waals surface area contributed by atoms with Crippen LogP contribution in [0.3, 0.4) is 0 Å². The summed E-state index contributed by atoms with van der Waals surface area (Å²) in [5.41, 5.74) is 5.46. The Labute approximate surface area is 89.7 Å². The van der Waals surface area contributed by atoms with Crippen LogP contribution in [0, 0.1) is 0 Å². The van der Waals surface area contributed by atoms with Crippen LogP contribution >= 0.6 is 11.6 Å². The van der Waals surface area contributed by atoms with Crippen LogP contribution in [0.5, 0.6) is 11.5 Å². The molecule has 0 fully saturated rings. The number of hydrogen-bond acceptors (Lipinski definition) is 3. The van der Waals surface area contributed by atoms with Crippen LogP contribution in [-0.2, 0) is 0 Å². The van der Waals surface area contributed by atoms with E-state index in [1.165, 1.54) is 12.1 Å². The Balaban J connectivity index is 2.40. The van der Waals surface area contributed by atoms with E-state index >= 15 is 0 Å². The van der Waals surface area contributed by atoms with Crippen molar-refractivity contribution in [3.63, 3.8) is 0 Å². The minimum atomic E-state index is -2.66. The number of alkyl halides is 2. The zero-order chi connectivity index (χ0) is 11.0. The van der Waals surface area contributed by atoms with Gasteiger partial charge in [-0.1, -0.05) is 11.6 Å². The predicted octanol–water partition coefficient (Wildman–Crippen LogP) is 2.33. The van der Waals surface area contributed by atoms with Gasteiger partial charge in [0.15, 0.2) is 11.5 Å². The first-order valence-electron chi connectivity index (χ1n) is 4.22. The first-order chi connectivity index (χ1) is 7.09. The van der Waals surface area contributed by atoms with Crippen molar-refractivity contribution in [3.8, 4) is 11.5 Å². The highest BCUT2D eigenvalue weighted by Gasteiger charge is 2.24. The van der Waals surface area contributed by atoms with Crippen LogP contribution in [0.4, 0.5) is 8.78 Å². The fourth-order valence-corrected chi connectivity index (χ4v) is 1.60. The Hall–Kier alpha value is -1.07. The summed E-state index contributed by atoms with van der Waals surface area (Å²) in [5, 5.41) is 0.159. The second-order valence-electron chi connectivity index (χ2n) is 3.09. The standard InChI is InChI=1S/C9H8ClF2NO2/c10-5-2-7-6(14-3-15-7)1-4(5)8(13)9(11)12/h1-2,8-9H,3,13H2/t8-/m1/s1. The summed E-state index contributed by atoms with van der Waals surface area (Å²) in [7, 11) is 0. The average Bonchev–Trinajstić information content (AvgIpc) is 2.62. The maximum atomic E-state index is 12.4. The van der Waals surface area contributed by atoms with Crippen LogP contribution in [0.1, 0.15) is 11.6 Å². The molecule has 0 radical (unpaired) electrons. The van der Waals surface area contributed by atoms with Crippen molar-refractivity contribution < 1.29 is 18.3 Å². The van der Waals surface area contributed by atoms with Gasteiger partial charge in [0.2, 0.25) is 6.79 Å². The van der Waals surface area contributed by atoms with Gasteiger partial charge in [-0.3, -0.25) is 0 Å². The van der Waals surface area contributed by atoms with E-state index in [2.05, 4.69) is 0 Å². The van der Waals surface area contributed by atoms with E-state index in [1.807, 2.05) is 0 Å². The van der Waals surface area contributed by atoms with Gasteiger partial charge >= 0.3 is 0 Å². The molecule has 0 amide bonds. The van der Waals surface area contributed by atoms with Gasteiger partial charge in [0.05, 0.1) is 6.04 Å². The second-order valence-corrected chi connectivity index (χ2v) is 3.49. The van der Waals surface area contributed by atoms with Crippen molar-refractivity contribution in [3.05, 3.63) is 22.7 Å². The summed E-state index contributed by atoms with van der Waals surface area (Å²) in [4.78, 5) is 0. The van der Waals surface area contributed by atoms with Crippen LogP contribution in [-0.4, -0.2) is 13.2 Å². The SMILES string of the molecule is N[C@H](c1cc2c(cc1Cl)OCO2)C(F)F. The molecule has 1 aromatic rings. The molecule has 3 nitrogen and oxygen atoms in total. The van der Waals surface area contributed by atoms with Crippen LogP contribution < -0.4 is 15.2 Å². The zero-order valence-electron chi connectivity index (χ0n) is 7.54. The topological polar surface area (TPSA) is 44.5 Å². The molecule has 1 atom stereocenters. The first-order valence-corrected chi connectivity index (χ1v) is 4.60. The molecule has 0 bridgehead atoms. The lowest BCUT2D eigenvalue weighted by Crippen LogP contribution is -2.19. The molecule has 0 saturated carbocycles. The average molecular weight is 236 g/mol. The molecular formula is C9H8ClF2NO2. The van der Waals surface area contributed by atoms with E-state index in [0.29, 0.717) is 11.5 Å². The maximum absolute atomic E-state index is 12.4. The van der Waals surface area contributed by atoms with Gasteiger partial charge in [-0.15, -0.1) is 0 Å². The van der Waals surface area contributed by atoms with E-state index in [9.17, 15) is 8.78 Å². The Morgan fingerprint density at radius 2 is 1.87 bits per heavy atom. The molecule has 2 N–H and O–H groups in total. The molecule has 1 heterocycles. The predicted molar refractivity (Wildman–Crippen MR) is 50.5 cm³/mol. The Bertz CT molecular complexity index is 387. The number of nitrogens with two attached hydrogens (primary N) is 1. The minimum absolute atomic E-state index is 0.0685. The van der Waals surface area contributed by atoms with Crippen molar-refractivity contribution in [2.75, 3.05) is 6.79 Å². The van der Waals surface area contributed by atoms with Gasteiger partial charge in [-0.2, -0.15) is 0 Å². The Kier molecular flexibility index (Phi) is 2.67. The molecule has 15 heavy (non-hydrogen) atoms. The summed E-state index contributed by atoms with van der Waals surface area (Å²) in [6.45, 7) is 0.0685. The summed E-state index contributed by atoms with van der Waals surface area (Å²) in [6.07, 6.45) is -2.66. The van der Waals surface area contributed by atoms with E-state index in [0.717, 1.165) is 0 Å². The van der Waals surface area contributed by atoms with Gasteiger partial charge in [-0.05, 0) is 11.6 Å². The number of fused-ring (bicyclic) bond motifs is 1. The maximum Gasteiger partial charge on any atom is 0.257 e. The third-order valence-corrected chi connectivity index (χ3v) is 2.45. The molecule has 0 unspecified atom stereocenters. The number of ether oxygens (including phenoxy) is 2. The molecule has 0 aliphatic carbocycles. The van der Waals surface area contributed by atoms with E-state index < -0.39 is 12.5 Å². The van der Waals surface area contributed by atoms with Crippen LogP contribution in [0.15, 0.2) is 12.1 Å². The van der Waals surface area contributed by atoms with Gasteiger partial charge in [0, 0.05) is 11.1 Å². The highest BCUT2D eigenvalue weighted by atomic mass is 35.5. The van der Waals surface area contributed by atoms with Gasteiger partial charge in [0.1, 0.15) is 0 Å². The van der Waals surface area contributed by atoms with Gasteiger partial charge < -0.3 is 15.2 Å². The molecule has 0 spiro atoms. The van der Waals surface area contributed by atoms with Crippen molar-refractivity contribution in [2.45, 2.75) is 12.5 Å². The normalized spacial score (nSPS) is 15.8. The van der Waals surface area contributed by atoms with E-state index in [4.69, 9.17) is 26.8 Å². The number of rotatable bonds is 2. The molecule has 1 aliphatic heterocycles. The lowest BCUT2D eigenvalue weighted by atomic mass is 10.1. The van der Waals surface area contributed by atoms with E-state index in [-0.39, 0.29) is 17.4 Å². The summed E-state index contributed by atoms with van der Waals surface area (Å²) >= 11 is 5.80. The van der Waals surface area contributed by atoms with Crippen LogP contribution in [0.2, 0.25) is 5.02 Å². The largest absolute Gasteiger partial charge is 0.454 e. The highest BCUT2D eigenvalue weighted by Crippen LogP contribution is 2.39. The third kappa shape index (κ3) is 1.85. The molecule has 0 saturated heterocycles. The van der Waals surface area contributed by atoms with Crippen molar-refractivity contribution in [2.24, 2.45) is 5.73 Å². The smallest absolute Gasteiger partial charge is 0.257 e. The van der Waals surface area contributed by atoms with Gasteiger partial charge in [0.25, 0.3) is 6.43 Å². The van der Waals surface area contributed by atoms with Crippen molar-refractivity contribution in [1.82, 2.24) is 0 Å². The fraction of sp³-hybridized carbons (Fsp3) is 0.333. The molecular weight excluding hydrogens is 228 g/mol. The Morgan fingerprint density at radius 3 is 2.47 bits per heavy atom. The second kappa shape index (κ2) is 3.83. The van der Waals surface area contributed by atoms with Crippen LogP contribution in [0.25, 0.3) is 0 Å². The molecule has 0 aromatic heterocycles. The lowest BCUT2D eigenvalue weighted by Gasteiger charge is -2.13. The zero-order valence-corrected chi connectivity index (χ0v) is 8.30. The Morgan fingerprint density at radius 1 is 1.27 bits per heavy atom. The monoisotopic (exact) mass is 235 g/mol. The number of benzene rings is 1. The molecule has 2 rings (SSSR count). The molecule has 6 heteroatoms. The van der Waals surface area contributed by atoms with Crippen molar-refractivity contribution in [1.29, 1.82) is 0 Å². The quantitative estimate of drug-likeness (QED) is 0.856. The highest BCUT2D eigenvalue weighted by molar-refractivity contribution is 6.31. The van der Waals surface area contributed by atoms with Gasteiger partial charge in [-0.25, -0.2) is 8.78 Å². The summed E-state index contributed by atoms with van der Waals surface area (Å²) in [5.74, 6) is 0.843.